The van der Waals surface area contributed by atoms with E-state index in [1.807, 2.05) is 0 Å². The van der Waals surface area contributed by atoms with Crippen LogP contribution >= 0.6 is 22.9 Å². The standard InChI is InChI=1S/C21H25ClN4O3S2/c22-16-3-1-2-4-17(16)31(28,29)23-6-5-18(27)24-20-26-25-19(30-20)21-10-13-7-14(11-21)9-15(8-13)12-21/h1-4,13-15,23H,5-12H2,(H,24,26,27). The number of rotatable bonds is 7. The van der Waals surface area contributed by atoms with E-state index in [2.05, 4.69) is 20.2 Å². The van der Waals surface area contributed by atoms with Crippen LogP contribution in [0.5, 0.6) is 0 Å². The number of hydrogen-bond acceptors (Lipinski definition) is 6. The third-order valence-electron chi connectivity index (χ3n) is 6.93. The van der Waals surface area contributed by atoms with Crippen molar-refractivity contribution in [3.8, 4) is 0 Å². The summed E-state index contributed by atoms with van der Waals surface area (Å²) < 4.78 is 27.1. The monoisotopic (exact) mass is 480 g/mol. The van der Waals surface area contributed by atoms with Crippen molar-refractivity contribution in [3.05, 3.63) is 34.3 Å². The topological polar surface area (TPSA) is 101 Å². The first-order valence-corrected chi connectivity index (χ1v) is 13.4. The minimum absolute atomic E-state index is 0.00131. The summed E-state index contributed by atoms with van der Waals surface area (Å²) in [5.41, 5.74) is 0.153. The maximum absolute atomic E-state index is 12.4. The largest absolute Gasteiger partial charge is 0.300 e. The Morgan fingerprint density at radius 2 is 1.74 bits per heavy atom. The fraction of sp³-hybridized carbons (Fsp3) is 0.571. The van der Waals surface area contributed by atoms with Crippen molar-refractivity contribution >= 4 is 44.0 Å². The lowest BCUT2D eigenvalue weighted by Gasteiger charge is -2.55. The normalized spacial score (nSPS) is 29.3. The molecule has 4 bridgehead atoms. The van der Waals surface area contributed by atoms with Gasteiger partial charge in [0.25, 0.3) is 0 Å². The van der Waals surface area contributed by atoms with E-state index in [-0.39, 0.29) is 34.2 Å². The molecule has 7 nitrogen and oxygen atoms in total. The van der Waals surface area contributed by atoms with Crippen LogP contribution in [-0.2, 0) is 20.2 Å². The van der Waals surface area contributed by atoms with Gasteiger partial charge < -0.3 is 5.32 Å². The van der Waals surface area contributed by atoms with Crippen LogP contribution in [0.2, 0.25) is 5.02 Å². The van der Waals surface area contributed by atoms with Crippen LogP contribution in [0.25, 0.3) is 0 Å². The third-order valence-corrected chi connectivity index (χ3v) is 9.98. The zero-order chi connectivity index (χ0) is 21.6. The average molecular weight is 481 g/mol. The molecule has 31 heavy (non-hydrogen) atoms. The van der Waals surface area contributed by atoms with Gasteiger partial charge in [0.15, 0.2) is 0 Å². The summed E-state index contributed by atoms with van der Waals surface area (Å²) in [6.07, 6.45) is 7.70. The molecule has 10 heteroatoms. The number of benzene rings is 1. The van der Waals surface area contributed by atoms with Crippen molar-refractivity contribution in [2.24, 2.45) is 17.8 Å². The van der Waals surface area contributed by atoms with Crippen LogP contribution in [0.4, 0.5) is 5.13 Å². The fourth-order valence-corrected chi connectivity index (χ4v) is 8.61. The number of amides is 1. The molecule has 0 aliphatic heterocycles. The van der Waals surface area contributed by atoms with Gasteiger partial charge in [0.05, 0.1) is 5.02 Å². The molecule has 0 spiro atoms. The fourth-order valence-electron chi connectivity index (χ4n) is 6.08. The molecule has 0 atom stereocenters. The first-order chi connectivity index (χ1) is 14.8. The van der Waals surface area contributed by atoms with Gasteiger partial charge in [-0.3, -0.25) is 4.79 Å². The summed E-state index contributed by atoms with van der Waals surface area (Å²) in [6.45, 7) is -0.0277. The zero-order valence-corrected chi connectivity index (χ0v) is 19.4. The molecule has 2 aromatic rings. The number of nitrogens with one attached hydrogen (secondary N) is 2. The van der Waals surface area contributed by atoms with Crippen LogP contribution in [0.15, 0.2) is 29.2 Å². The summed E-state index contributed by atoms with van der Waals surface area (Å²) in [6, 6.07) is 6.20. The zero-order valence-electron chi connectivity index (χ0n) is 17.0. The number of halogens is 1. The molecule has 1 amide bonds. The lowest BCUT2D eigenvalue weighted by Crippen LogP contribution is -2.48. The number of aromatic nitrogens is 2. The number of sulfonamides is 1. The Kier molecular flexibility index (Phi) is 5.57. The first kappa shape index (κ1) is 21.3. The van der Waals surface area contributed by atoms with E-state index in [1.165, 1.54) is 62.0 Å². The molecule has 4 fully saturated rings. The predicted octanol–water partition coefficient (Wildman–Crippen LogP) is 3.97. The van der Waals surface area contributed by atoms with E-state index in [4.69, 9.17) is 11.6 Å². The van der Waals surface area contributed by atoms with Gasteiger partial charge in [0, 0.05) is 18.4 Å². The lowest BCUT2D eigenvalue weighted by atomic mass is 9.50. The molecule has 1 heterocycles. The minimum atomic E-state index is -3.77. The third kappa shape index (κ3) is 4.25. The van der Waals surface area contributed by atoms with Gasteiger partial charge in [-0.15, -0.1) is 10.2 Å². The van der Waals surface area contributed by atoms with E-state index >= 15 is 0 Å². The molecule has 2 N–H and O–H groups in total. The second-order valence-electron chi connectivity index (χ2n) is 9.24. The first-order valence-electron chi connectivity index (χ1n) is 10.7. The highest BCUT2D eigenvalue weighted by molar-refractivity contribution is 7.89. The van der Waals surface area contributed by atoms with Crippen LogP contribution in [0.3, 0.4) is 0 Å². The molecule has 1 aromatic carbocycles. The van der Waals surface area contributed by atoms with Gasteiger partial charge in [0.2, 0.25) is 21.1 Å². The van der Waals surface area contributed by atoms with E-state index in [0.717, 1.165) is 22.8 Å². The quantitative estimate of drug-likeness (QED) is 0.624. The van der Waals surface area contributed by atoms with Gasteiger partial charge in [0.1, 0.15) is 9.90 Å². The number of hydrogen-bond donors (Lipinski definition) is 2. The molecule has 0 saturated heterocycles. The molecular formula is C21H25ClN4O3S2. The maximum Gasteiger partial charge on any atom is 0.242 e. The lowest BCUT2D eigenvalue weighted by molar-refractivity contribution is -0.116. The smallest absolute Gasteiger partial charge is 0.242 e. The van der Waals surface area contributed by atoms with Crippen molar-refractivity contribution in [1.82, 2.24) is 14.9 Å². The van der Waals surface area contributed by atoms with Crippen LogP contribution in [-0.4, -0.2) is 31.1 Å². The number of carbonyl (C=O) groups is 1. The second kappa shape index (κ2) is 8.10. The SMILES string of the molecule is O=C(CCNS(=O)(=O)c1ccccc1Cl)Nc1nnc(C23CC4CC(CC(C4)C2)C3)s1. The van der Waals surface area contributed by atoms with E-state index in [9.17, 15) is 13.2 Å². The Balaban J connectivity index is 1.17. The van der Waals surface area contributed by atoms with Crippen molar-refractivity contribution < 1.29 is 13.2 Å². The summed E-state index contributed by atoms with van der Waals surface area (Å²) in [4.78, 5) is 12.3. The number of anilines is 1. The van der Waals surface area contributed by atoms with Crippen LogP contribution in [0, 0.1) is 17.8 Å². The summed E-state index contributed by atoms with van der Waals surface area (Å²) >= 11 is 7.44. The van der Waals surface area contributed by atoms with E-state index in [0.29, 0.717) is 5.13 Å². The minimum Gasteiger partial charge on any atom is -0.300 e. The molecule has 0 unspecified atom stereocenters. The molecule has 6 rings (SSSR count). The van der Waals surface area contributed by atoms with Gasteiger partial charge >= 0.3 is 0 Å². The summed E-state index contributed by atoms with van der Waals surface area (Å²) in [5.74, 6) is 2.16. The Morgan fingerprint density at radius 1 is 1.10 bits per heavy atom. The summed E-state index contributed by atoms with van der Waals surface area (Å²) in [7, 11) is -3.77. The molecule has 4 aliphatic carbocycles. The average Bonchev–Trinajstić information content (AvgIpc) is 3.16. The van der Waals surface area contributed by atoms with Gasteiger partial charge in [-0.1, -0.05) is 35.1 Å². The highest BCUT2D eigenvalue weighted by Gasteiger charge is 2.53. The predicted molar refractivity (Wildman–Crippen MR) is 120 cm³/mol. The molecule has 0 radical (unpaired) electrons. The van der Waals surface area contributed by atoms with Crippen molar-refractivity contribution in [1.29, 1.82) is 0 Å². The van der Waals surface area contributed by atoms with Gasteiger partial charge in [-0.25, -0.2) is 13.1 Å². The highest BCUT2D eigenvalue weighted by Crippen LogP contribution is 2.61. The number of nitrogens with zero attached hydrogens (tertiary/aromatic N) is 2. The molecule has 4 aliphatic rings. The van der Waals surface area contributed by atoms with E-state index in [1.54, 1.807) is 12.1 Å². The van der Waals surface area contributed by atoms with E-state index < -0.39 is 10.0 Å². The molecular weight excluding hydrogens is 456 g/mol. The number of carbonyl (C=O) groups excluding carboxylic acids is 1. The Bertz CT molecular complexity index is 1070. The molecule has 1 aromatic heterocycles. The van der Waals surface area contributed by atoms with Gasteiger partial charge in [-0.05, 0) is 68.4 Å². The van der Waals surface area contributed by atoms with Gasteiger partial charge in [-0.2, -0.15) is 0 Å². The van der Waals surface area contributed by atoms with Crippen molar-refractivity contribution in [3.63, 3.8) is 0 Å². The van der Waals surface area contributed by atoms with Crippen LogP contribution < -0.4 is 10.0 Å². The maximum atomic E-state index is 12.4. The van der Waals surface area contributed by atoms with Crippen molar-refractivity contribution in [2.45, 2.75) is 55.3 Å². The summed E-state index contributed by atoms with van der Waals surface area (Å²) in [5, 5.41) is 13.1. The van der Waals surface area contributed by atoms with Crippen LogP contribution in [0.1, 0.15) is 50.0 Å². The Labute approximate surface area is 191 Å². The Morgan fingerprint density at radius 3 is 2.39 bits per heavy atom. The molecule has 4 saturated carbocycles. The Hall–Kier alpha value is -1.55. The van der Waals surface area contributed by atoms with Crippen molar-refractivity contribution in [2.75, 3.05) is 11.9 Å². The highest BCUT2D eigenvalue weighted by atomic mass is 35.5. The molecule has 166 valence electrons. The second-order valence-corrected chi connectivity index (χ2v) is 12.4.